The smallest absolute Gasteiger partial charge is 0.306 e. The molecule has 2 rings (SSSR count). The van der Waals surface area contributed by atoms with Gasteiger partial charge in [-0.2, -0.15) is 0 Å². The standard InChI is InChI=1S/C13H15F2NO4S/c14-10-5-2-6-11(15)12(10)21(19,20)16-9-4-1-3-8(7-9)13(17)18/h2,5-6,8-9,16H,1,3-4,7H2,(H,17,18). The van der Waals surface area contributed by atoms with Crippen LogP contribution >= 0.6 is 0 Å². The third-order valence-corrected chi connectivity index (χ3v) is 5.10. The molecule has 0 saturated heterocycles. The van der Waals surface area contributed by atoms with E-state index in [1.54, 1.807) is 0 Å². The molecule has 0 bridgehead atoms. The minimum absolute atomic E-state index is 0.116. The number of aliphatic carboxylic acids is 1. The molecule has 1 aromatic carbocycles. The second-order valence-electron chi connectivity index (χ2n) is 5.07. The van der Waals surface area contributed by atoms with Crippen molar-refractivity contribution >= 4 is 16.0 Å². The Hall–Kier alpha value is -1.54. The molecule has 5 nitrogen and oxygen atoms in total. The molecular weight excluding hydrogens is 304 g/mol. The monoisotopic (exact) mass is 319 g/mol. The Kier molecular flexibility index (Phi) is 4.58. The van der Waals surface area contributed by atoms with Gasteiger partial charge in [-0.25, -0.2) is 21.9 Å². The number of benzene rings is 1. The lowest BCUT2D eigenvalue weighted by molar-refractivity contribution is -0.143. The van der Waals surface area contributed by atoms with Crippen LogP contribution in [0.2, 0.25) is 0 Å². The van der Waals surface area contributed by atoms with Crippen molar-refractivity contribution in [3.05, 3.63) is 29.8 Å². The SMILES string of the molecule is O=C(O)C1CCCC(NS(=O)(=O)c2c(F)cccc2F)C1. The quantitative estimate of drug-likeness (QED) is 0.887. The van der Waals surface area contributed by atoms with Crippen LogP contribution in [0.5, 0.6) is 0 Å². The Labute approximate surface area is 121 Å². The van der Waals surface area contributed by atoms with Crippen LogP contribution < -0.4 is 4.72 Å². The molecule has 8 heteroatoms. The van der Waals surface area contributed by atoms with Gasteiger partial charge in [-0.15, -0.1) is 0 Å². The minimum Gasteiger partial charge on any atom is -0.481 e. The first kappa shape index (κ1) is 15.8. The van der Waals surface area contributed by atoms with Crippen LogP contribution in [0.25, 0.3) is 0 Å². The molecule has 0 heterocycles. The first-order valence-corrected chi connectivity index (χ1v) is 7.98. The van der Waals surface area contributed by atoms with Gasteiger partial charge in [0.1, 0.15) is 11.6 Å². The largest absolute Gasteiger partial charge is 0.481 e. The summed E-state index contributed by atoms with van der Waals surface area (Å²) in [5, 5.41) is 8.96. The Balaban J connectivity index is 2.20. The van der Waals surface area contributed by atoms with Crippen molar-refractivity contribution in [2.24, 2.45) is 5.92 Å². The van der Waals surface area contributed by atoms with E-state index >= 15 is 0 Å². The third-order valence-electron chi connectivity index (χ3n) is 3.53. The maximum Gasteiger partial charge on any atom is 0.306 e. The van der Waals surface area contributed by atoms with Gasteiger partial charge in [0, 0.05) is 6.04 Å². The zero-order valence-corrected chi connectivity index (χ0v) is 11.9. The Morgan fingerprint density at radius 3 is 2.43 bits per heavy atom. The Morgan fingerprint density at radius 1 is 1.24 bits per heavy atom. The van der Waals surface area contributed by atoms with Gasteiger partial charge < -0.3 is 5.11 Å². The lowest BCUT2D eigenvalue weighted by Gasteiger charge is -2.27. The van der Waals surface area contributed by atoms with Gasteiger partial charge in [0.2, 0.25) is 10.0 Å². The van der Waals surface area contributed by atoms with Gasteiger partial charge in [0.15, 0.2) is 4.90 Å². The molecule has 0 radical (unpaired) electrons. The van der Waals surface area contributed by atoms with Gasteiger partial charge in [-0.05, 0) is 31.4 Å². The first-order valence-electron chi connectivity index (χ1n) is 6.50. The highest BCUT2D eigenvalue weighted by Gasteiger charge is 2.32. The lowest BCUT2D eigenvalue weighted by Crippen LogP contribution is -2.40. The van der Waals surface area contributed by atoms with E-state index in [4.69, 9.17) is 5.11 Å². The average molecular weight is 319 g/mol. The summed E-state index contributed by atoms with van der Waals surface area (Å²) >= 11 is 0. The summed E-state index contributed by atoms with van der Waals surface area (Å²) in [4.78, 5) is 9.92. The zero-order chi connectivity index (χ0) is 15.6. The van der Waals surface area contributed by atoms with Crippen LogP contribution in [-0.4, -0.2) is 25.5 Å². The van der Waals surface area contributed by atoms with Crippen LogP contribution in [0, 0.1) is 17.6 Å². The molecule has 116 valence electrons. The number of hydrogen-bond acceptors (Lipinski definition) is 3. The highest BCUT2D eigenvalue weighted by atomic mass is 32.2. The fourth-order valence-corrected chi connectivity index (χ4v) is 3.96. The molecular formula is C13H15F2NO4S. The predicted octanol–water partition coefficient (Wildman–Crippen LogP) is 1.89. The normalized spacial score (nSPS) is 23.0. The highest BCUT2D eigenvalue weighted by molar-refractivity contribution is 7.89. The van der Waals surface area contributed by atoms with Gasteiger partial charge in [0.05, 0.1) is 5.92 Å². The number of halogens is 2. The van der Waals surface area contributed by atoms with E-state index in [1.807, 2.05) is 0 Å². The molecule has 1 aromatic rings. The topological polar surface area (TPSA) is 83.5 Å². The summed E-state index contributed by atoms with van der Waals surface area (Å²) < 4.78 is 53.5. The molecule has 1 aliphatic rings. The van der Waals surface area contributed by atoms with Gasteiger partial charge in [-0.3, -0.25) is 4.79 Å². The van der Waals surface area contributed by atoms with Crippen molar-refractivity contribution in [2.75, 3.05) is 0 Å². The van der Waals surface area contributed by atoms with Crippen molar-refractivity contribution < 1.29 is 27.1 Å². The van der Waals surface area contributed by atoms with Crippen LogP contribution in [0.4, 0.5) is 8.78 Å². The van der Waals surface area contributed by atoms with Crippen LogP contribution in [0.15, 0.2) is 23.1 Å². The fraction of sp³-hybridized carbons (Fsp3) is 0.462. The number of sulfonamides is 1. The summed E-state index contributed by atoms with van der Waals surface area (Å²) in [5.41, 5.74) is 0. The highest BCUT2D eigenvalue weighted by Crippen LogP contribution is 2.26. The Bertz CT molecular complexity index is 627. The molecule has 1 saturated carbocycles. The number of carboxylic acids is 1. The van der Waals surface area contributed by atoms with Crippen molar-refractivity contribution in [3.63, 3.8) is 0 Å². The molecule has 2 unspecified atom stereocenters. The number of carbonyl (C=O) groups is 1. The summed E-state index contributed by atoms with van der Waals surface area (Å²) in [6.45, 7) is 0. The fourth-order valence-electron chi connectivity index (χ4n) is 2.54. The number of carboxylic acid groups (broad SMARTS) is 1. The number of nitrogens with one attached hydrogen (secondary N) is 1. The zero-order valence-electron chi connectivity index (χ0n) is 11.1. The van der Waals surface area contributed by atoms with Crippen molar-refractivity contribution in [1.82, 2.24) is 4.72 Å². The van der Waals surface area contributed by atoms with E-state index in [9.17, 15) is 22.0 Å². The second-order valence-corrected chi connectivity index (χ2v) is 6.72. The maximum absolute atomic E-state index is 13.6. The Morgan fingerprint density at radius 2 is 1.86 bits per heavy atom. The van der Waals surface area contributed by atoms with E-state index in [0.29, 0.717) is 19.3 Å². The second kappa shape index (κ2) is 6.07. The first-order chi connectivity index (χ1) is 9.81. The summed E-state index contributed by atoms with van der Waals surface area (Å²) in [6, 6.07) is 2.16. The number of hydrogen-bond donors (Lipinski definition) is 2. The van der Waals surface area contributed by atoms with Crippen LogP contribution in [0.3, 0.4) is 0 Å². The summed E-state index contributed by atoms with van der Waals surface area (Å²) in [7, 11) is -4.36. The van der Waals surface area contributed by atoms with Crippen LogP contribution in [0.1, 0.15) is 25.7 Å². The average Bonchev–Trinajstić information content (AvgIpc) is 2.37. The van der Waals surface area contributed by atoms with Gasteiger partial charge in [0.25, 0.3) is 0 Å². The van der Waals surface area contributed by atoms with E-state index in [-0.39, 0.29) is 6.42 Å². The maximum atomic E-state index is 13.6. The van der Waals surface area contributed by atoms with Crippen LogP contribution in [-0.2, 0) is 14.8 Å². The molecule has 0 aliphatic heterocycles. The molecule has 0 amide bonds. The summed E-state index contributed by atoms with van der Waals surface area (Å²) in [6.07, 6.45) is 1.58. The van der Waals surface area contributed by atoms with E-state index < -0.39 is 44.5 Å². The third kappa shape index (κ3) is 3.56. The number of rotatable bonds is 4. The van der Waals surface area contributed by atoms with Crippen molar-refractivity contribution in [1.29, 1.82) is 0 Å². The van der Waals surface area contributed by atoms with Gasteiger partial charge in [-0.1, -0.05) is 12.5 Å². The van der Waals surface area contributed by atoms with Crippen molar-refractivity contribution in [3.8, 4) is 0 Å². The van der Waals surface area contributed by atoms with Crippen molar-refractivity contribution in [2.45, 2.75) is 36.6 Å². The lowest BCUT2D eigenvalue weighted by atomic mass is 9.86. The molecule has 0 spiro atoms. The molecule has 2 N–H and O–H groups in total. The molecule has 21 heavy (non-hydrogen) atoms. The molecule has 1 aliphatic carbocycles. The predicted molar refractivity (Wildman–Crippen MR) is 70.1 cm³/mol. The van der Waals surface area contributed by atoms with E-state index in [1.165, 1.54) is 0 Å². The van der Waals surface area contributed by atoms with E-state index in [2.05, 4.69) is 4.72 Å². The van der Waals surface area contributed by atoms with E-state index in [0.717, 1.165) is 18.2 Å². The summed E-state index contributed by atoms with van der Waals surface area (Å²) in [5.74, 6) is -3.98. The minimum atomic E-state index is -4.36. The molecule has 0 aromatic heterocycles. The van der Waals surface area contributed by atoms with Gasteiger partial charge >= 0.3 is 5.97 Å². The molecule has 1 fully saturated rings. The molecule has 2 atom stereocenters.